The van der Waals surface area contributed by atoms with Crippen molar-refractivity contribution in [3.8, 4) is 0 Å². The van der Waals surface area contributed by atoms with Crippen LogP contribution in [0.1, 0.15) is 0 Å². The van der Waals surface area contributed by atoms with Crippen LogP contribution in [0.4, 0.5) is 0 Å². The molecule has 1 rings (SSSR count). The number of aliphatic hydroxyl groups excluding tert-OH is 4. The van der Waals surface area contributed by atoms with Crippen LogP contribution in [0.15, 0.2) is 0 Å². The lowest BCUT2D eigenvalue weighted by Gasteiger charge is -2.34. The monoisotopic (exact) mass is 164 g/mol. The Morgan fingerprint density at radius 1 is 1.18 bits per heavy atom. The van der Waals surface area contributed by atoms with Gasteiger partial charge in [-0.05, 0) is 0 Å². The van der Waals surface area contributed by atoms with Crippen LogP contribution >= 0.6 is 0 Å². The highest BCUT2D eigenvalue weighted by atomic mass is 16.5. The molecule has 66 valence electrons. The number of hydrogen-bond acceptors (Lipinski definition) is 5. The smallest absolute Gasteiger partial charge is 0.111 e. The second-order valence-corrected chi connectivity index (χ2v) is 2.60. The summed E-state index contributed by atoms with van der Waals surface area (Å²) in [6.07, 6.45) is -4.27. The van der Waals surface area contributed by atoms with Crippen LogP contribution in [0.2, 0.25) is 0 Å². The zero-order valence-corrected chi connectivity index (χ0v) is 5.92. The molecular weight excluding hydrogens is 152 g/mol. The van der Waals surface area contributed by atoms with Crippen LogP contribution in [-0.2, 0) is 4.74 Å². The van der Waals surface area contributed by atoms with Gasteiger partial charge in [-0.3, -0.25) is 0 Å². The fraction of sp³-hybridized carbons (Fsp3) is 1.00. The SMILES string of the molecule is OC[C@H]1OCC(O)[C@@H](O)[C@@H]1O. The number of ether oxygens (including phenoxy) is 1. The molecule has 5 heteroatoms. The topological polar surface area (TPSA) is 90.2 Å². The zero-order chi connectivity index (χ0) is 8.43. The summed E-state index contributed by atoms with van der Waals surface area (Å²) in [7, 11) is 0. The predicted octanol–water partition coefficient (Wildman–Crippen LogP) is -2.54. The van der Waals surface area contributed by atoms with Crippen LogP contribution < -0.4 is 0 Å². The lowest BCUT2D eigenvalue weighted by Crippen LogP contribution is -2.53. The molecule has 1 aliphatic heterocycles. The number of rotatable bonds is 1. The van der Waals surface area contributed by atoms with E-state index in [4.69, 9.17) is 25.2 Å². The van der Waals surface area contributed by atoms with E-state index in [9.17, 15) is 0 Å². The van der Waals surface area contributed by atoms with Crippen LogP contribution in [-0.4, -0.2) is 58.1 Å². The molecule has 0 bridgehead atoms. The van der Waals surface area contributed by atoms with Crippen molar-refractivity contribution < 1.29 is 25.2 Å². The van der Waals surface area contributed by atoms with Crippen LogP contribution in [0, 0.1) is 0 Å². The van der Waals surface area contributed by atoms with Crippen molar-refractivity contribution in [3.05, 3.63) is 0 Å². The van der Waals surface area contributed by atoms with Crippen molar-refractivity contribution in [2.24, 2.45) is 0 Å². The van der Waals surface area contributed by atoms with Gasteiger partial charge in [-0.25, -0.2) is 0 Å². The minimum atomic E-state index is -1.22. The summed E-state index contributed by atoms with van der Waals surface area (Å²) in [5.74, 6) is 0. The minimum Gasteiger partial charge on any atom is -0.394 e. The average Bonchev–Trinajstić information content (AvgIpc) is 2.01. The Bertz CT molecular complexity index is 126. The Labute approximate surface area is 63.8 Å². The standard InChI is InChI=1S/C6H12O5/c7-1-4-6(10)5(9)3(8)2-11-4/h3-10H,1-2H2/t3?,4-,5-,6-/m1/s1. The van der Waals surface area contributed by atoms with Gasteiger partial charge in [0.15, 0.2) is 0 Å². The van der Waals surface area contributed by atoms with Gasteiger partial charge in [0.05, 0.1) is 13.2 Å². The van der Waals surface area contributed by atoms with Gasteiger partial charge in [-0.1, -0.05) is 0 Å². The first-order valence-corrected chi connectivity index (χ1v) is 3.43. The highest BCUT2D eigenvalue weighted by Gasteiger charge is 2.36. The summed E-state index contributed by atoms with van der Waals surface area (Å²) in [5, 5.41) is 35.7. The zero-order valence-electron chi connectivity index (χ0n) is 5.92. The lowest BCUT2D eigenvalue weighted by atomic mass is 10.0. The van der Waals surface area contributed by atoms with Crippen LogP contribution in [0.5, 0.6) is 0 Å². The largest absolute Gasteiger partial charge is 0.394 e. The van der Waals surface area contributed by atoms with E-state index in [0.717, 1.165) is 0 Å². The van der Waals surface area contributed by atoms with Crippen molar-refractivity contribution in [2.45, 2.75) is 24.4 Å². The maximum absolute atomic E-state index is 9.11. The average molecular weight is 164 g/mol. The van der Waals surface area contributed by atoms with Gasteiger partial charge in [0.1, 0.15) is 24.4 Å². The normalized spacial score (nSPS) is 45.8. The Hall–Kier alpha value is -0.200. The molecule has 4 atom stereocenters. The minimum absolute atomic E-state index is 0.0521. The van der Waals surface area contributed by atoms with E-state index >= 15 is 0 Å². The van der Waals surface area contributed by atoms with E-state index in [2.05, 4.69) is 0 Å². The molecule has 0 aromatic rings. The van der Waals surface area contributed by atoms with Gasteiger partial charge >= 0.3 is 0 Å². The predicted molar refractivity (Wildman–Crippen MR) is 34.8 cm³/mol. The van der Waals surface area contributed by atoms with Crippen molar-refractivity contribution in [2.75, 3.05) is 13.2 Å². The summed E-state index contributed by atoms with van der Waals surface area (Å²) >= 11 is 0. The second kappa shape index (κ2) is 3.46. The fourth-order valence-corrected chi connectivity index (χ4v) is 1.03. The first kappa shape index (κ1) is 8.89. The first-order valence-electron chi connectivity index (χ1n) is 3.43. The highest BCUT2D eigenvalue weighted by Crippen LogP contribution is 2.14. The quantitative estimate of drug-likeness (QED) is 0.343. The van der Waals surface area contributed by atoms with Crippen molar-refractivity contribution >= 4 is 0 Å². The summed E-state index contributed by atoms with van der Waals surface area (Å²) in [4.78, 5) is 0. The molecule has 1 fully saturated rings. The summed E-state index contributed by atoms with van der Waals surface area (Å²) < 4.78 is 4.81. The fourth-order valence-electron chi connectivity index (χ4n) is 1.03. The van der Waals surface area contributed by atoms with E-state index in [1.54, 1.807) is 0 Å². The van der Waals surface area contributed by atoms with E-state index in [1.807, 2.05) is 0 Å². The van der Waals surface area contributed by atoms with E-state index in [-0.39, 0.29) is 13.2 Å². The molecule has 1 unspecified atom stereocenters. The van der Waals surface area contributed by atoms with Gasteiger partial charge in [0.2, 0.25) is 0 Å². The Morgan fingerprint density at radius 2 is 1.82 bits per heavy atom. The van der Waals surface area contributed by atoms with E-state index in [0.29, 0.717) is 0 Å². The molecule has 0 aliphatic carbocycles. The molecule has 0 aromatic carbocycles. The number of hydrogen-bond donors (Lipinski definition) is 4. The lowest BCUT2D eigenvalue weighted by molar-refractivity contribution is -0.195. The molecule has 1 heterocycles. The van der Waals surface area contributed by atoms with E-state index in [1.165, 1.54) is 0 Å². The Balaban J connectivity index is 2.52. The summed E-state index contributed by atoms with van der Waals surface area (Å²) in [6, 6.07) is 0. The van der Waals surface area contributed by atoms with Crippen molar-refractivity contribution in [1.82, 2.24) is 0 Å². The Morgan fingerprint density at radius 3 is 2.36 bits per heavy atom. The third-order valence-corrected chi connectivity index (χ3v) is 1.79. The van der Waals surface area contributed by atoms with Gasteiger partial charge in [0.25, 0.3) is 0 Å². The molecule has 11 heavy (non-hydrogen) atoms. The van der Waals surface area contributed by atoms with Crippen molar-refractivity contribution in [1.29, 1.82) is 0 Å². The maximum atomic E-state index is 9.11. The third-order valence-electron chi connectivity index (χ3n) is 1.79. The van der Waals surface area contributed by atoms with Gasteiger partial charge in [-0.15, -0.1) is 0 Å². The molecule has 0 aromatic heterocycles. The number of aliphatic hydroxyl groups is 4. The molecule has 0 radical (unpaired) electrons. The Kier molecular flexibility index (Phi) is 2.80. The molecule has 4 N–H and O–H groups in total. The van der Waals surface area contributed by atoms with Gasteiger partial charge in [-0.2, -0.15) is 0 Å². The molecular formula is C6H12O5. The van der Waals surface area contributed by atoms with Crippen LogP contribution in [0.25, 0.3) is 0 Å². The molecule has 1 saturated heterocycles. The summed E-state index contributed by atoms with van der Waals surface area (Å²) in [6.45, 7) is -0.408. The molecule has 0 spiro atoms. The summed E-state index contributed by atoms with van der Waals surface area (Å²) in [5.41, 5.74) is 0. The third kappa shape index (κ3) is 1.69. The first-order chi connectivity index (χ1) is 5.16. The molecule has 0 saturated carbocycles. The molecule has 0 amide bonds. The maximum Gasteiger partial charge on any atom is 0.111 e. The second-order valence-electron chi connectivity index (χ2n) is 2.60. The van der Waals surface area contributed by atoms with Gasteiger partial charge < -0.3 is 25.2 Å². The van der Waals surface area contributed by atoms with Gasteiger partial charge in [0, 0.05) is 0 Å². The highest BCUT2D eigenvalue weighted by molar-refractivity contribution is 4.85. The molecule has 5 nitrogen and oxygen atoms in total. The van der Waals surface area contributed by atoms with Crippen LogP contribution in [0.3, 0.4) is 0 Å². The van der Waals surface area contributed by atoms with Crippen molar-refractivity contribution in [3.63, 3.8) is 0 Å². The van der Waals surface area contributed by atoms with E-state index < -0.39 is 24.4 Å². The molecule has 1 aliphatic rings.